The van der Waals surface area contributed by atoms with Gasteiger partial charge in [0.05, 0.1) is 18.0 Å². The van der Waals surface area contributed by atoms with Gasteiger partial charge in [-0.25, -0.2) is 17.5 Å². The molecule has 3 aromatic rings. The highest BCUT2D eigenvalue weighted by atomic mass is 32.2. The van der Waals surface area contributed by atoms with Crippen molar-refractivity contribution in [3.63, 3.8) is 0 Å². The SMILES string of the molecule is COc1ccc(F)cc1C(C)NC(=O)c1cccc(S(=O)(=O)NC(C)c2ccccc2)c1. The molecular weight excluding hydrogens is 431 g/mol. The summed E-state index contributed by atoms with van der Waals surface area (Å²) < 4.78 is 47.2. The topological polar surface area (TPSA) is 84.5 Å². The standard InChI is InChI=1S/C24H25FN2O4S/c1-16(18-8-5-4-6-9-18)27-32(29,30)21-11-7-10-19(14-21)24(28)26-17(2)22-15-20(25)12-13-23(22)31-3/h4-17,27H,1-3H3,(H,26,28). The first-order valence-electron chi connectivity index (χ1n) is 10.0. The number of methoxy groups -OCH3 is 1. The molecule has 2 N–H and O–H groups in total. The van der Waals surface area contributed by atoms with Crippen molar-refractivity contribution in [2.75, 3.05) is 7.11 Å². The zero-order chi connectivity index (χ0) is 23.3. The number of nitrogens with one attached hydrogen (secondary N) is 2. The van der Waals surface area contributed by atoms with E-state index in [1.807, 2.05) is 30.3 Å². The number of hydrogen-bond donors (Lipinski definition) is 2. The van der Waals surface area contributed by atoms with Gasteiger partial charge in [0.15, 0.2) is 0 Å². The van der Waals surface area contributed by atoms with E-state index in [1.54, 1.807) is 13.8 Å². The predicted molar refractivity (Wildman–Crippen MR) is 120 cm³/mol. The molecule has 2 atom stereocenters. The molecule has 6 nitrogen and oxygen atoms in total. The predicted octanol–water partition coefficient (Wildman–Crippen LogP) is 4.36. The highest BCUT2D eigenvalue weighted by Crippen LogP contribution is 2.26. The third-order valence-electron chi connectivity index (χ3n) is 5.04. The summed E-state index contributed by atoms with van der Waals surface area (Å²) in [6.07, 6.45) is 0. The van der Waals surface area contributed by atoms with Gasteiger partial charge in [-0.15, -0.1) is 0 Å². The van der Waals surface area contributed by atoms with Crippen LogP contribution in [0.15, 0.2) is 77.7 Å². The third kappa shape index (κ3) is 5.52. The lowest BCUT2D eigenvalue weighted by atomic mass is 10.1. The van der Waals surface area contributed by atoms with E-state index < -0.39 is 33.8 Å². The molecule has 3 aromatic carbocycles. The van der Waals surface area contributed by atoms with Gasteiger partial charge >= 0.3 is 0 Å². The summed E-state index contributed by atoms with van der Waals surface area (Å²) in [7, 11) is -2.40. The monoisotopic (exact) mass is 456 g/mol. The number of carbonyl (C=O) groups is 1. The molecule has 1 amide bonds. The van der Waals surface area contributed by atoms with Crippen molar-refractivity contribution in [2.45, 2.75) is 30.8 Å². The number of rotatable bonds is 8. The van der Waals surface area contributed by atoms with Crippen LogP contribution in [0.3, 0.4) is 0 Å². The summed E-state index contributed by atoms with van der Waals surface area (Å²) in [5.74, 6) is -0.500. The molecule has 0 radical (unpaired) electrons. The number of benzene rings is 3. The maximum absolute atomic E-state index is 13.7. The van der Waals surface area contributed by atoms with Gasteiger partial charge in [-0.05, 0) is 55.8 Å². The largest absolute Gasteiger partial charge is 0.496 e. The lowest BCUT2D eigenvalue weighted by Crippen LogP contribution is -2.29. The second-order valence-corrected chi connectivity index (χ2v) is 9.08. The first-order valence-corrected chi connectivity index (χ1v) is 11.5. The first-order chi connectivity index (χ1) is 15.2. The molecule has 2 unspecified atom stereocenters. The van der Waals surface area contributed by atoms with E-state index in [2.05, 4.69) is 10.0 Å². The molecule has 32 heavy (non-hydrogen) atoms. The molecule has 3 rings (SSSR count). The lowest BCUT2D eigenvalue weighted by molar-refractivity contribution is 0.0939. The second-order valence-electron chi connectivity index (χ2n) is 7.36. The summed E-state index contributed by atoms with van der Waals surface area (Å²) in [5.41, 5.74) is 1.47. The smallest absolute Gasteiger partial charge is 0.251 e. The van der Waals surface area contributed by atoms with Crippen LogP contribution in [0, 0.1) is 5.82 Å². The molecule has 168 valence electrons. The third-order valence-corrected chi connectivity index (χ3v) is 6.58. The summed E-state index contributed by atoms with van der Waals surface area (Å²) in [6.45, 7) is 3.44. The number of carbonyl (C=O) groups excluding carboxylic acids is 1. The van der Waals surface area contributed by atoms with Gasteiger partial charge in [-0.1, -0.05) is 36.4 Å². The Morgan fingerprint density at radius 2 is 1.66 bits per heavy atom. The average Bonchev–Trinajstić information content (AvgIpc) is 2.79. The minimum absolute atomic E-state index is 0.0241. The van der Waals surface area contributed by atoms with Gasteiger partial charge in [0.1, 0.15) is 11.6 Å². The number of hydrogen-bond acceptors (Lipinski definition) is 4. The number of halogens is 1. The van der Waals surface area contributed by atoms with Crippen LogP contribution in [-0.4, -0.2) is 21.4 Å². The van der Waals surface area contributed by atoms with Crippen LogP contribution >= 0.6 is 0 Å². The molecule has 0 spiro atoms. The molecule has 0 heterocycles. The fourth-order valence-corrected chi connectivity index (χ4v) is 4.59. The highest BCUT2D eigenvalue weighted by Gasteiger charge is 2.21. The molecule has 0 aromatic heterocycles. The number of sulfonamides is 1. The van der Waals surface area contributed by atoms with Crippen LogP contribution in [0.4, 0.5) is 4.39 Å². The number of amides is 1. The van der Waals surface area contributed by atoms with Crippen LogP contribution in [0.5, 0.6) is 5.75 Å². The summed E-state index contributed by atoms with van der Waals surface area (Å²) in [5, 5.41) is 2.76. The van der Waals surface area contributed by atoms with Crippen molar-refractivity contribution in [2.24, 2.45) is 0 Å². The van der Waals surface area contributed by atoms with Crippen molar-refractivity contribution in [3.05, 3.63) is 95.3 Å². The van der Waals surface area contributed by atoms with E-state index in [0.29, 0.717) is 11.3 Å². The van der Waals surface area contributed by atoms with Gasteiger partial charge in [-0.2, -0.15) is 0 Å². The molecule has 0 aliphatic carbocycles. The Kier molecular flexibility index (Phi) is 7.27. The van der Waals surface area contributed by atoms with Gasteiger partial charge in [-0.3, -0.25) is 4.79 Å². The molecule has 0 aliphatic rings. The quantitative estimate of drug-likeness (QED) is 0.527. The Morgan fingerprint density at radius 1 is 0.938 bits per heavy atom. The van der Waals surface area contributed by atoms with Crippen molar-refractivity contribution in [1.82, 2.24) is 10.0 Å². The number of ether oxygens (including phenoxy) is 1. The van der Waals surface area contributed by atoms with Crippen LogP contribution in [0.25, 0.3) is 0 Å². The van der Waals surface area contributed by atoms with E-state index in [9.17, 15) is 17.6 Å². The first kappa shape index (κ1) is 23.4. The van der Waals surface area contributed by atoms with Gasteiger partial charge in [0.25, 0.3) is 5.91 Å². The Hall–Kier alpha value is -3.23. The zero-order valence-corrected chi connectivity index (χ0v) is 18.8. The lowest BCUT2D eigenvalue weighted by Gasteiger charge is -2.18. The average molecular weight is 457 g/mol. The van der Waals surface area contributed by atoms with Crippen molar-refractivity contribution >= 4 is 15.9 Å². The Morgan fingerprint density at radius 3 is 2.34 bits per heavy atom. The Bertz CT molecular complexity index is 1200. The molecule has 0 bridgehead atoms. The molecule has 8 heteroatoms. The molecule has 0 saturated heterocycles. The fraction of sp³-hybridized carbons (Fsp3) is 0.208. The Labute approximate surface area is 187 Å². The van der Waals surface area contributed by atoms with E-state index in [1.165, 1.54) is 49.6 Å². The van der Waals surface area contributed by atoms with Crippen LogP contribution in [0.1, 0.15) is 47.4 Å². The van der Waals surface area contributed by atoms with E-state index in [-0.39, 0.29) is 10.5 Å². The zero-order valence-electron chi connectivity index (χ0n) is 18.0. The van der Waals surface area contributed by atoms with E-state index in [0.717, 1.165) is 5.56 Å². The fourth-order valence-electron chi connectivity index (χ4n) is 3.32. The molecular formula is C24H25FN2O4S. The summed E-state index contributed by atoms with van der Waals surface area (Å²) >= 11 is 0. The summed E-state index contributed by atoms with van der Waals surface area (Å²) in [6, 6.07) is 18.0. The summed E-state index contributed by atoms with van der Waals surface area (Å²) in [4.78, 5) is 12.8. The van der Waals surface area contributed by atoms with Crippen molar-refractivity contribution < 1.29 is 22.3 Å². The Balaban J connectivity index is 1.78. The molecule has 0 fully saturated rings. The maximum Gasteiger partial charge on any atom is 0.251 e. The van der Waals surface area contributed by atoms with Crippen LogP contribution in [-0.2, 0) is 10.0 Å². The highest BCUT2D eigenvalue weighted by molar-refractivity contribution is 7.89. The van der Waals surface area contributed by atoms with Gasteiger partial charge in [0, 0.05) is 17.2 Å². The van der Waals surface area contributed by atoms with Crippen molar-refractivity contribution in [1.29, 1.82) is 0 Å². The van der Waals surface area contributed by atoms with Crippen LogP contribution < -0.4 is 14.8 Å². The molecule has 0 saturated carbocycles. The van der Waals surface area contributed by atoms with Crippen molar-refractivity contribution in [3.8, 4) is 5.75 Å². The minimum Gasteiger partial charge on any atom is -0.496 e. The van der Waals surface area contributed by atoms with Gasteiger partial charge < -0.3 is 10.1 Å². The maximum atomic E-state index is 13.7. The van der Waals surface area contributed by atoms with E-state index >= 15 is 0 Å². The second kappa shape index (κ2) is 9.93. The molecule has 0 aliphatic heterocycles. The van der Waals surface area contributed by atoms with Crippen LogP contribution in [0.2, 0.25) is 0 Å². The van der Waals surface area contributed by atoms with Gasteiger partial charge in [0.2, 0.25) is 10.0 Å². The normalized spacial score (nSPS) is 13.2. The van der Waals surface area contributed by atoms with E-state index in [4.69, 9.17) is 4.74 Å². The minimum atomic E-state index is -3.86.